The van der Waals surface area contributed by atoms with Gasteiger partial charge in [0.25, 0.3) is 0 Å². The summed E-state index contributed by atoms with van der Waals surface area (Å²) in [5.74, 6) is 2.54. The Morgan fingerprint density at radius 3 is 2.93 bits per heavy atom. The topological polar surface area (TPSA) is 47.8 Å². The summed E-state index contributed by atoms with van der Waals surface area (Å²) in [6, 6.07) is 0.258. The van der Waals surface area contributed by atoms with E-state index >= 15 is 0 Å². The van der Waals surface area contributed by atoms with Crippen LogP contribution in [0.25, 0.3) is 0 Å². The van der Waals surface area contributed by atoms with Gasteiger partial charge >= 0.3 is 0 Å². The highest BCUT2D eigenvalue weighted by atomic mass is 32.2. The molecule has 5 heteroatoms. The normalized spacial score (nSPS) is 10.9. The molecule has 0 spiro atoms. The number of hydrogen-bond donors (Lipinski definition) is 0. The molecule has 0 fully saturated rings. The lowest BCUT2D eigenvalue weighted by Gasteiger charge is -2.08. The van der Waals surface area contributed by atoms with Crippen molar-refractivity contribution in [3.63, 3.8) is 0 Å². The van der Waals surface area contributed by atoms with Crippen LogP contribution in [0.3, 0.4) is 0 Å². The van der Waals surface area contributed by atoms with Crippen molar-refractivity contribution in [3.05, 3.63) is 12.2 Å². The first-order chi connectivity index (χ1) is 7.15. The molecule has 0 N–H and O–H groups in total. The fourth-order valence-electron chi connectivity index (χ4n) is 1.28. The van der Waals surface area contributed by atoms with Gasteiger partial charge in [0, 0.05) is 6.04 Å². The lowest BCUT2D eigenvalue weighted by Crippen LogP contribution is -2.14. The van der Waals surface area contributed by atoms with E-state index in [0.717, 1.165) is 11.6 Å². The van der Waals surface area contributed by atoms with Crippen molar-refractivity contribution >= 4 is 17.5 Å². The van der Waals surface area contributed by atoms with Crippen LogP contribution in [0.2, 0.25) is 0 Å². The minimum absolute atomic E-state index is 0.219. The maximum absolute atomic E-state index is 11.5. The minimum Gasteiger partial charge on any atom is -0.298 e. The number of Topliss-reactive ketones (excluding diaryl/α,β-unsaturated/α-hetero) is 1. The molecule has 0 bridgehead atoms. The van der Waals surface area contributed by atoms with E-state index in [0.29, 0.717) is 12.2 Å². The van der Waals surface area contributed by atoms with E-state index < -0.39 is 0 Å². The molecule has 0 atom stereocenters. The Hall–Kier alpha value is -0.840. The molecule has 0 unspecified atom stereocenters. The number of carbonyl (C=O) groups is 1. The first-order valence-electron chi connectivity index (χ1n) is 5.13. The Balaban J connectivity index is 2.56. The molecule has 1 rings (SSSR count). The molecule has 0 saturated heterocycles. The van der Waals surface area contributed by atoms with Crippen LogP contribution >= 0.6 is 11.8 Å². The predicted molar refractivity (Wildman–Crippen MR) is 62.1 cm³/mol. The molecular formula is C10H17N3OS. The van der Waals surface area contributed by atoms with E-state index in [-0.39, 0.29) is 11.8 Å². The van der Waals surface area contributed by atoms with Crippen LogP contribution in [0.1, 0.15) is 32.6 Å². The highest BCUT2D eigenvalue weighted by Crippen LogP contribution is 2.07. The molecule has 1 aromatic rings. The summed E-state index contributed by atoms with van der Waals surface area (Å²) < 4.78 is 1.80. The fraction of sp³-hybridized carbons (Fsp3) is 0.700. The summed E-state index contributed by atoms with van der Waals surface area (Å²) in [4.78, 5) is 15.6. The summed E-state index contributed by atoms with van der Waals surface area (Å²) in [7, 11) is 0. The van der Waals surface area contributed by atoms with Crippen LogP contribution in [0.5, 0.6) is 0 Å². The molecule has 0 saturated carbocycles. The lowest BCUT2D eigenvalue weighted by atomic mass is 10.3. The average molecular weight is 227 g/mol. The van der Waals surface area contributed by atoms with Gasteiger partial charge in [0.05, 0.1) is 12.2 Å². The van der Waals surface area contributed by atoms with Crippen LogP contribution in [0.15, 0.2) is 6.33 Å². The summed E-state index contributed by atoms with van der Waals surface area (Å²) in [6.07, 6.45) is 1.90. The number of aromatic nitrogens is 3. The standard InChI is InChI=1S/C10H17N3OS/c1-4-15-6-9(14)5-10-11-7-12-13(10)8(2)3/h7-8H,4-6H2,1-3H3. The summed E-state index contributed by atoms with van der Waals surface area (Å²) in [5, 5.41) is 4.10. The zero-order valence-corrected chi connectivity index (χ0v) is 10.3. The van der Waals surface area contributed by atoms with E-state index in [1.54, 1.807) is 16.4 Å². The van der Waals surface area contributed by atoms with Gasteiger partial charge in [0.1, 0.15) is 17.9 Å². The van der Waals surface area contributed by atoms with E-state index in [1.807, 2.05) is 13.8 Å². The Labute approximate surface area is 94.5 Å². The van der Waals surface area contributed by atoms with Crippen LogP contribution in [0, 0.1) is 0 Å². The maximum Gasteiger partial charge on any atom is 0.150 e. The molecule has 0 amide bonds. The third-order valence-electron chi connectivity index (χ3n) is 1.96. The SMILES string of the molecule is CCSCC(=O)Cc1ncnn1C(C)C. The third kappa shape index (κ3) is 3.66. The maximum atomic E-state index is 11.5. The first kappa shape index (κ1) is 12.2. The van der Waals surface area contributed by atoms with Gasteiger partial charge in [-0.15, -0.1) is 0 Å². The smallest absolute Gasteiger partial charge is 0.150 e. The lowest BCUT2D eigenvalue weighted by molar-refractivity contribution is -0.116. The van der Waals surface area contributed by atoms with E-state index in [2.05, 4.69) is 17.0 Å². The van der Waals surface area contributed by atoms with Gasteiger partial charge in [-0.25, -0.2) is 9.67 Å². The van der Waals surface area contributed by atoms with Gasteiger partial charge in [-0.2, -0.15) is 16.9 Å². The highest BCUT2D eigenvalue weighted by molar-refractivity contribution is 7.99. The fourth-order valence-corrected chi connectivity index (χ4v) is 1.81. The Kier molecular flexibility index (Phi) is 4.81. The predicted octanol–water partition coefficient (Wildman–Crippen LogP) is 1.72. The molecule has 0 radical (unpaired) electrons. The molecule has 15 heavy (non-hydrogen) atoms. The molecule has 84 valence electrons. The zero-order valence-electron chi connectivity index (χ0n) is 9.43. The summed E-state index contributed by atoms with van der Waals surface area (Å²) in [5.41, 5.74) is 0. The quantitative estimate of drug-likeness (QED) is 0.742. The van der Waals surface area contributed by atoms with Crippen LogP contribution in [0.4, 0.5) is 0 Å². The van der Waals surface area contributed by atoms with Crippen molar-refractivity contribution < 1.29 is 4.79 Å². The van der Waals surface area contributed by atoms with E-state index in [4.69, 9.17) is 0 Å². The Morgan fingerprint density at radius 1 is 1.60 bits per heavy atom. The van der Waals surface area contributed by atoms with Crippen LogP contribution < -0.4 is 0 Å². The van der Waals surface area contributed by atoms with Crippen molar-refractivity contribution in [1.29, 1.82) is 0 Å². The van der Waals surface area contributed by atoms with Crippen LogP contribution in [-0.4, -0.2) is 32.1 Å². The zero-order chi connectivity index (χ0) is 11.3. The number of thioether (sulfide) groups is 1. The molecule has 0 aliphatic heterocycles. The molecule has 1 heterocycles. The van der Waals surface area contributed by atoms with Gasteiger partial charge in [-0.1, -0.05) is 6.92 Å². The molecule has 0 aliphatic carbocycles. The monoisotopic (exact) mass is 227 g/mol. The molecule has 0 aromatic carbocycles. The summed E-state index contributed by atoms with van der Waals surface area (Å²) >= 11 is 1.65. The van der Waals surface area contributed by atoms with Gasteiger partial charge < -0.3 is 0 Å². The van der Waals surface area contributed by atoms with Gasteiger partial charge in [-0.3, -0.25) is 4.79 Å². The number of rotatable bonds is 6. The molecule has 1 aromatic heterocycles. The van der Waals surface area contributed by atoms with Crippen molar-refractivity contribution in [1.82, 2.24) is 14.8 Å². The Bertz CT molecular complexity index is 322. The van der Waals surface area contributed by atoms with E-state index in [9.17, 15) is 4.79 Å². The number of carbonyl (C=O) groups excluding carboxylic acids is 1. The second-order valence-corrected chi connectivity index (χ2v) is 4.84. The second kappa shape index (κ2) is 5.90. The first-order valence-corrected chi connectivity index (χ1v) is 6.28. The Morgan fingerprint density at radius 2 is 2.33 bits per heavy atom. The number of nitrogens with zero attached hydrogens (tertiary/aromatic N) is 3. The van der Waals surface area contributed by atoms with Gasteiger partial charge in [0.15, 0.2) is 0 Å². The molecular weight excluding hydrogens is 210 g/mol. The third-order valence-corrected chi connectivity index (χ3v) is 2.89. The van der Waals surface area contributed by atoms with Crippen molar-refractivity contribution in [3.8, 4) is 0 Å². The number of hydrogen-bond acceptors (Lipinski definition) is 4. The second-order valence-electron chi connectivity index (χ2n) is 3.57. The summed E-state index contributed by atoms with van der Waals surface area (Å²) in [6.45, 7) is 6.11. The number of ketones is 1. The highest BCUT2D eigenvalue weighted by Gasteiger charge is 2.11. The van der Waals surface area contributed by atoms with Crippen LogP contribution in [-0.2, 0) is 11.2 Å². The van der Waals surface area contributed by atoms with Crippen molar-refractivity contribution in [2.45, 2.75) is 33.2 Å². The van der Waals surface area contributed by atoms with Crippen molar-refractivity contribution in [2.75, 3.05) is 11.5 Å². The average Bonchev–Trinajstić information content (AvgIpc) is 2.62. The van der Waals surface area contributed by atoms with Crippen molar-refractivity contribution in [2.24, 2.45) is 0 Å². The molecule has 4 nitrogen and oxygen atoms in total. The van der Waals surface area contributed by atoms with E-state index in [1.165, 1.54) is 6.33 Å². The minimum atomic E-state index is 0.219. The van der Waals surface area contributed by atoms with Gasteiger partial charge in [0.2, 0.25) is 0 Å². The van der Waals surface area contributed by atoms with Gasteiger partial charge in [-0.05, 0) is 19.6 Å². The largest absolute Gasteiger partial charge is 0.298 e. The molecule has 0 aliphatic rings.